The van der Waals surface area contributed by atoms with Gasteiger partial charge in [0.1, 0.15) is 0 Å². The van der Waals surface area contributed by atoms with Gasteiger partial charge in [-0.25, -0.2) is 4.98 Å². The van der Waals surface area contributed by atoms with Gasteiger partial charge in [0.05, 0.1) is 28.2 Å². The Morgan fingerprint density at radius 1 is 1.02 bits per heavy atom. The minimum Gasteiger partial charge on any atom is -0.354 e. The number of non-ortho nitro benzene ring substituents is 1. The number of nitro benzene ring substituents is 1. The normalized spacial score (nSPS) is 15.8. The summed E-state index contributed by atoms with van der Waals surface area (Å²) in [5, 5.41) is 17.8. The van der Waals surface area contributed by atoms with Crippen molar-refractivity contribution in [2.75, 3.05) is 23.7 Å². The number of nitrogens with one attached hydrogen (secondary N) is 3. The van der Waals surface area contributed by atoms with E-state index < -0.39 is 4.92 Å². The van der Waals surface area contributed by atoms with Crippen LogP contribution in [0.5, 0.6) is 0 Å². The smallest absolute Gasteiger partial charge is 0.270 e. The van der Waals surface area contributed by atoms with Crippen LogP contribution in [0.25, 0.3) is 23.4 Å². The number of nitro groups is 1. The number of rotatable bonds is 10. The van der Waals surface area contributed by atoms with Crippen LogP contribution < -0.4 is 10.6 Å². The van der Waals surface area contributed by atoms with E-state index in [1.807, 2.05) is 65.6 Å². The molecule has 4 aromatic rings. The first kappa shape index (κ1) is 28.6. The third-order valence-corrected chi connectivity index (χ3v) is 7.91. The van der Waals surface area contributed by atoms with Crippen LogP contribution in [-0.4, -0.2) is 44.7 Å². The summed E-state index contributed by atoms with van der Waals surface area (Å²) in [5.41, 5.74) is 6.24. The number of carbonyl (C=O) groups is 2. The van der Waals surface area contributed by atoms with Gasteiger partial charge >= 0.3 is 0 Å². The number of anilines is 2. The molecule has 3 heterocycles. The predicted molar refractivity (Wildman–Crippen MR) is 171 cm³/mol. The standard InChI is InChI=1S/C34H32N6O4/c41-31-5-1-2-18-39(31)19-3-4-23-6-11-25(12-7-23)33(32-29-20-28(40(43)44)16-17-30(29)38-34(32)42)37-26-13-8-24(9-14-26)10-15-27-21-35-22-36-27/h6-17,20-22,37H,1-5,18-19H2,(H,35,36)(H,38,42). The van der Waals surface area contributed by atoms with Crippen molar-refractivity contribution in [3.63, 3.8) is 0 Å². The van der Waals surface area contributed by atoms with Crippen molar-refractivity contribution in [3.8, 4) is 0 Å². The number of H-pyrrole nitrogens is 1. The fourth-order valence-corrected chi connectivity index (χ4v) is 5.57. The number of nitrogens with zero attached hydrogens (tertiary/aromatic N) is 3. The molecule has 10 nitrogen and oxygen atoms in total. The third-order valence-electron chi connectivity index (χ3n) is 7.91. The van der Waals surface area contributed by atoms with Crippen LogP contribution in [0, 0.1) is 10.1 Å². The Balaban J connectivity index is 1.28. The lowest BCUT2D eigenvalue weighted by atomic mass is 9.98. The van der Waals surface area contributed by atoms with Crippen LogP contribution in [0.15, 0.2) is 79.3 Å². The number of fused-ring (bicyclic) bond motifs is 1. The molecular weight excluding hydrogens is 556 g/mol. The topological polar surface area (TPSA) is 133 Å². The molecule has 2 aliphatic heterocycles. The molecule has 0 unspecified atom stereocenters. The number of imidazole rings is 1. The first-order valence-electron chi connectivity index (χ1n) is 14.7. The summed E-state index contributed by atoms with van der Waals surface area (Å²) in [4.78, 5) is 45.6. The van der Waals surface area contributed by atoms with Gasteiger partial charge in [-0.2, -0.15) is 0 Å². The van der Waals surface area contributed by atoms with Crippen molar-refractivity contribution >= 4 is 52.3 Å². The number of amides is 2. The van der Waals surface area contributed by atoms with Crippen LogP contribution >= 0.6 is 0 Å². The van der Waals surface area contributed by atoms with Gasteiger partial charge in [0.15, 0.2) is 0 Å². The van der Waals surface area contributed by atoms with Crippen LogP contribution in [0.3, 0.4) is 0 Å². The van der Waals surface area contributed by atoms with E-state index in [9.17, 15) is 19.7 Å². The Morgan fingerprint density at radius 2 is 1.84 bits per heavy atom. The molecule has 3 aromatic carbocycles. The summed E-state index contributed by atoms with van der Waals surface area (Å²) >= 11 is 0. The van der Waals surface area contributed by atoms with Gasteiger partial charge in [0, 0.05) is 54.8 Å². The van der Waals surface area contributed by atoms with E-state index in [0.717, 1.165) is 66.8 Å². The number of aryl methyl sites for hydroxylation is 1. The molecule has 2 aliphatic rings. The molecule has 0 bridgehead atoms. The number of hydrogen-bond acceptors (Lipinski definition) is 6. The van der Waals surface area contributed by atoms with Gasteiger partial charge in [0.2, 0.25) is 5.91 Å². The van der Waals surface area contributed by atoms with Gasteiger partial charge in [-0.15, -0.1) is 0 Å². The second-order valence-corrected chi connectivity index (χ2v) is 10.9. The maximum Gasteiger partial charge on any atom is 0.270 e. The number of aromatic nitrogens is 2. The summed E-state index contributed by atoms with van der Waals surface area (Å²) in [5.74, 6) is -0.0946. The van der Waals surface area contributed by atoms with E-state index in [-0.39, 0.29) is 17.5 Å². The molecule has 0 radical (unpaired) electrons. The van der Waals surface area contributed by atoms with Gasteiger partial charge in [-0.05, 0) is 66.6 Å². The summed E-state index contributed by atoms with van der Waals surface area (Å²) in [7, 11) is 0. The van der Waals surface area contributed by atoms with Crippen molar-refractivity contribution in [1.82, 2.24) is 14.9 Å². The zero-order valence-electron chi connectivity index (χ0n) is 24.1. The molecule has 10 heteroatoms. The molecule has 1 saturated heterocycles. The van der Waals surface area contributed by atoms with E-state index in [1.54, 1.807) is 18.6 Å². The highest BCUT2D eigenvalue weighted by molar-refractivity contribution is 6.37. The Kier molecular flexibility index (Phi) is 8.31. The zero-order chi connectivity index (χ0) is 30.5. The van der Waals surface area contributed by atoms with Crippen molar-refractivity contribution < 1.29 is 14.5 Å². The molecule has 1 fully saturated rings. The Labute approximate surface area is 254 Å². The number of carbonyl (C=O) groups excluding carboxylic acids is 2. The van der Waals surface area contributed by atoms with Gasteiger partial charge in [0.25, 0.3) is 11.6 Å². The first-order chi connectivity index (χ1) is 21.4. The minimum absolute atomic E-state index is 0.0901. The highest BCUT2D eigenvalue weighted by Crippen LogP contribution is 2.39. The fourth-order valence-electron chi connectivity index (χ4n) is 5.57. The summed E-state index contributed by atoms with van der Waals surface area (Å²) in [6, 6.07) is 20.1. The molecule has 6 rings (SSSR count). The van der Waals surface area contributed by atoms with Crippen LogP contribution in [-0.2, 0) is 16.0 Å². The highest BCUT2D eigenvalue weighted by Gasteiger charge is 2.30. The monoisotopic (exact) mass is 588 g/mol. The molecule has 1 aromatic heterocycles. The average molecular weight is 589 g/mol. The summed E-state index contributed by atoms with van der Waals surface area (Å²) in [6.45, 7) is 1.59. The van der Waals surface area contributed by atoms with Crippen molar-refractivity contribution in [2.24, 2.45) is 0 Å². The fraction of sp³-hybridized carbons (Fsp3) is 0.206. The van der Waals surface area contributed by atoms with Gasteiger partial charge < -0.3 is 20.5 Å². The number of benzene rings is 3. The zero-order valence-corrected chi connectivity index (χ0v) is 24.1. The molecule has 0 aliphatic carbocycles. The number of likely N-dealkylation sites (tertiary alicyclic amines) is 1. The number of aromatic amines is 1. The molecule has 2 amide bonds. The highest BCUT2D eigenvalue weighted by atomic mass is 16.6. The predicted octanol–water partition coefficient (Wildman–Crippen LogP) is 6.37. The molecule has 0 saturated carbocycles. The van der Waals surface area contributed by atoms with E-state index >= 15 is 0 Å². The lowest BCUT2D eigenvalue weighted by molar-refractivity contribution is -0.384. The first-order valence-corrected chi connectivity index (χ1v) is 14.7. The van der Waals surface area contributed by atoms with E-state index in [0.29, 0.717) is 28.9 Å². The summed E-state index contributed by atoms with van der Waals surface area (Å²) in [6.07, 6.45) is 11.7. The Morgan fingerprint density at radius 3 is 2.57 bits per heavy atom. The van der Waals surface area contributed by atoms with Crippen molar-refractivity contribution in [1.29, 1.82) is 0 Å². The average Bonchev–Trinajstić information content (AvgIpc) is 3.67. The maximum atomic E-state index is 13.3. The number of hydrogen-bond donors (Lipinski definition) is 3. The van der Waals surface area contributed by atoms with Gasteiger partial charge in [-0.3, -0.25) is 19.7 Å². The number of piperidine rings is 1. The Hall–Kier alpha value is -5.51. The molecule has 3 N–H and O–H groups in total. The molecule has 0 atom stereocenters. The lowest BCUT2D eigenvalue weighted by Gasteiger charge is -2.26. The molecule has 44 heavy (non-hydrogen) atoms. The SMILES string of the molecule is O=C1Nc2ccc([N+](=O)[O-])cc2C1=C(Nc1ccc(C=Cc2c[nH]cn2)cc1)c1ccc(CCCN2CCCCC2=O)cc1. The van der Waals surface area contributed by atoms with Crippen molar-refractivity contribution in [2.45, 2.75) is 32.1 Å². The molecule has 0 spiro atoms. The molecule has 222 valence electrons. The quantitative estimate of drug-likeness (QED) is 0.112. The van der Waals surface area contributed by atoms with Gasteiger partial charge in [-0.1, -0.05) is 42.5 Å². The van der Waals surface area contributed by atoms with E-state index in [1.165, 1.54) is 12.1 Å². The molecular formula is C34H32N6O4. The second-order valence-electron chi connectivity index (χ2n) is 10.9. The van der Waals surface area contributed by atoms with E-state index in [4.69, 9.17) is 0 Å². The lowest BCUT2D eigenvalue weighted by Crippen LogP contribution is -2.36. The third kappa shape index (κ3) is 6.44. The summed E-state index contributed by atoms with van der Waals surface area (Å²) < 4.78 is 0. The van der Waals surface area contributed by atoms with Crippen LogP contribution in [0.1, 0.15) is 53.6 Å². The van der Waals surface area contributed by atoms with Crippen LogP contribution in [0.2, 0.25) is 0 Å². The van der Waals surface area contributed by atoms with Crippen LogP contribution in [0.4, 0.5) is 17.1 Å². The Bertz CT molecular complexity index is 1740. The minimum atomic E-state index is -0.463. The van der Waals surface area contributed by atoms with Crippen molar-refractivity contribution in [3.05, 3.63) is 117 Å². The van der Waals surface area contributed by atoms with E-state index in [2.05, 4.69) is 20.6 Å². The largest absolute Gasteiger partial charge is 0.354 e. The maximum absolute atomic E-state index is 13.3. The second kappa shape index (κ2) is 12.8.